The lowest BCUT2D eigenvalue weighted by molar-refractivity contribution is -0.0511. The molecule has 0 N–H and O–H groups in total. The molecule has 6 nitrogen and oxygen atoms in total. The largest absolute Gasteiger partial charge is 0.448 e. The monoisotopic (exact) mass is 433 g/mol. The molecule has 166 valence electrons. The number of nitrogens with zero attached hydrogens (tertiary/aromatic N) is 1. The highest BCUT2D eigenvalue weighted by atomic mass is 16.7. The summed E-state index contributed by atoms with van der Waals surface area (Å²) in [5.74, 6) is 0.0648. The fourth-order valence-corrected chi connectivity index (χ4v) is 5.53. The van der Waals surface area contributed by atoms with Gasteiger partial charge in [0.25, 0.3) is 0 Å². The van der Waals surface area contributed by atoms with Gasteiger partial charge in [-0.25, -0.2) is 4.79 Å². The van der Waals surface area contributed by atoms with Crippen molar-refractivity contribution in [1.82, 2.24) is 4.90 Å². The highest BCUT2D eigenvalue weighted by Crippen LogP contribution is 2.44. The second-order valence-corrected chi connectivity index (χ2v) is 8.87. The van der Waals surface area contributed by atoms with E-state index in [4.69, 9.17) is 18.9 Å². The van der Waals surface area contributed by atoms with Crippen LogP contribution in [0.25, 0.3) is 11.1 Å². The molecular formula is C26H27NO5. The van der Waals surface area contributed by atoms with Gasteiger partial charge in [0.15, 0.2) is 6.29 Å². The van der Waals surface area contributed by atoms with Crippen molar-refractivity contribution in [3.05, 3.63) is 71.3 Å². The van der Waals surface area contributed by atoms with Crippen LogP contribution in [-0.4, -0.2) is 62.4 Å². The van der Waals surface area contributed by atoms with Gasteiger partial charge in [0, 0.05) is 12.3 Å². The Morgan fingerprint density at radius 3 is 2.34 bits per heavy atom. The minimum Gasteiger partial charge on any atom is -0.448 e. The molecular weight excluding hydrogens is 406 g/mol. The fourth-order valence-electron chi connectivity index (χ4n) is 5.53. The number of amides is 1. The summed E-state index contributed by atoms with van der Waals surface area (Å²) in [7, 11) is 0. The van der Waals surface area contributed by atoms with E-state index >= 15 is 0 Å². The Labute approximate surface area is 187 Å². The minimum atomic E-state index is -0.256. The van der Waals surface area contributed by atoms with Crippen LogP contribution in [0.1, 0.15) is 29.9 Å². The number of fused-ring (bicyclic) bond motifs is 5. The average Bonchev–Trinajstić information content (AvgIpc) is 3.43. The molecule has 2 aromatic carbocycles. The van der Waals surface area contributed by atoms with Crippen molar-refractivity contribution in [2.45, 2.75) is 37.1 Å². The first kappa shape index (κ1) is 20.0. The zero-order chi connectivity index (χ0) is 21.5. The van der Waals surface area contributed by atoms with Crippen LogP contribution < -0.4 is 0 Å². The second kappa shape index (κ2) is 8.35. The van der Waals surface area contributed by atoms with Gasteiger partial charge in [-0.3, -0.25) is 4.90 Å². The summed E-state index contributed by atoms with van der Waals surface area (Å²) in [6.07, 6.45) is 3.25. The minimum absolute atomic E-state index is 0.00852. The van der Waals surface area contributed by atoms with Gasteiger partial charge >= 0.3 is 6.09 Å². The molecule has 1 amide bonds. The lowest BCUT2D eigenvalue weighted by Crippen LogP contribution is -2.56. The third-order valence-electron chi connectivity index (χ3n) is 6.94. The van der Waals surface area contributed by atoms with Crippen molar-refractivity contribution in [3.63, 3.8) is 0 Å². The summed E-state index contributed by atoms with van der Waals surface area (Å²) in [5.41, 5.74) is 6.19. The number of morpholine rings is 1. The predicted octanol–water partition coefficient (Wildman–Crippen LogP) is 4.10. The highest BCUT2D eigenvalue weighted by molar-refractivity contribution is 5.79. The molecule has 3 aliphatic heterocycles. The summed E-state index contributed by atoms with van der Waals surface area (Å²) in [4.78, 5) is 15.1. The number of ether oxygens (including phenoxy) is 4. The SMILES string of the molecule is O=C(OCC1c2ccccc2-c2ccccc21)N1C2C=C(CC3OCCO3)CC1COC2. The molecule has 2 bridgehead atoms. The summed E-state index contributed by atoms with van der Waals surface area (Å²) >= 11 is 0. The van der Waals surface area contributed by atoms with E-state index in [1.165, 1.54) is 27.8 Å². The highest BCUT2D eigenvalue weighted by Gasteiger charge is 2.40. The van der Waals surface area contributed by atoms with Gasteiger partial charge in [0.2, 0.25) is 0 Å². The number of hydrogen-bond donors (Lipinski definition) is 0. The third kappa shape index (κ3) is 3.52. The maximum atomic E-state index is 13.2. The summed E-state index contributed by atoms with van der Waals surface area (Å²) in [6, 6.07) is 16.7. The summed E-state index contributed by atoms with van der Waals surface area (Å²) in [5, 5.41) is 0. The maximum absolute atomic E-state index is 13.2. The normalized spacial score (nSPS) is 24.8. The lowest BCUT2D eigenvalue weighted by Gasteiger charge is -2.44. The Bertz CT molecular complexity index is 999. The van der Waals surface area contributed by atoms with Crippen LogP contribution in [0.15, 0.2) is 60.2 Å². The zero-order valence-electron chi connectivity index (χ0n) is 17.9. The molecule has 3 heterocycles. The number of carbonyl (C=O) groups is 1. The average molecular weight is 434 g/mol. The molecule has 0 aromatic heterocycles. The third-order valence-corrected chi connectivity index (χ3v) is 6.94. The number of rotatable bonds is 4. The van der Waals surface area contributed by atoms with Crippen molar-refractivity contribution >= 4 is 6.09 Å². The van der Waals surface area contributed by atoms with Crippen LogP contribution in [0.5, 0.6) is 0 Å². The van der Waals surface area contributed by atoms with Crippen LogP contribution >= 0.6 is 0 Å². The van der Waals surface area contributed by atoms with Gasteiger partial charge in [-0.15, -0.1) is 0 Å². The van der Waals surface area contributed by atoms with Crippen LogP contribution in [0.4, 0.5) is 4.79 Å². The smallest absolute Gasteiger partial charge is 0.410 e. The maximum Gasteiger partial charge on any atom is 0.410 e. The van der Waals surface area contributed by atoms with E-state index in [0.717, 1.165) is 12.8 Å². The first-order valence-electron chi connectivity index (χ1n) is 11.4. The van der Waals surface area contributed by atoms with Crippen LogP contribution in [-0.2, 0) is 18.9 Å². The van der Waals surface area contributed by atoms with E-state index in [1.807, 2.05) is 4.90 Å². The van der Waals surface area contributed by atoms with Gasteiger partial charge in [-0.2, -0.15) is 0 Å². The molecule has 2 atom stereocenters. The van der Waals surface area contributed by atoms with Crippen molar-refractivity contribution < 1.29 is 23.7 Å². The fraction of sp³-hybridized carbons (Fsp3) is 0.423. The van der Waals surface area contributed by atoms with Gasteiger partial charge in [-0.05, 0) is 28.7 Å². The molecule has 4 aliphatic rings. The van der Waals surface area contributed by atoms with Gasteiger partial charge in [0.1, 0.15) is 6.61 Å². The molecule has 2 fully saturated rings. The van der Waals surface area contributed by atoms with E-state index in [9.17, 15) is 4.79 Å². The molecule has 1 aliphatic carbocycles. The number of carbonyl (C=O) groups excluding carboxylic acids is 1. The van der Waals surface area contributed by atoms with Crippen molar-refractivity contribution in [2.24, 2.45) is 0 Å². The zero-order valence-corrected chi connectivity index (χ0v) is 17.9. The first-order chi connectivity index (χ1) is 15.8. The van der Waals surface area contributed by atoms with Gasteiger partial charge < -0.3 is 18.9 Å². The Hall–Kier alpha value is -2.67. The number of hydrogen-bond acceptors (Lipinski definition) is 5. The molecule has 0 radical (unpaired) electrons. The molecule has 2 saturated heterocycles. The molecule has 32 heavy (non-hydrogen) atoms. The van der Waals surface area contributed by atoms with Crippen LogP contribution in [0, 0.1) is 0 Å². The molecule has 2 unspecified atom stereocenters. The van der Waals surface area contributed by atoms with Crippen molar-refractivity contribution in [2.75, 3.05) is 33.0 Å². The number of benzene rings is 2. The summed E-state index contributed by atoms with van der Waals surface area (Å²) in [6.45, 7) is 2.67. The molecule has 6 heteroatoms. The summed E-state index contributed by atoms with van der Waals surface area (Å²) < 4.78 is 22.9. The Kier molecular flexibility index (Phi) is 5.21. The van der Waals surface area contributed by atoms with Crippen molar-refractivity contribution in [3.8, 4) is 11.1 Å². The molecule has 2 aromatic rings. The van der Waals surface area contributed by atoms with Gasteiger partial charge in [0.05, 0.1) is 38.5 Å². The Morgan fingerprint density at radius 1 is 0.969 bits per heavy atom. The predicted molar refractivity (Wildman–Crippen MR) is 118 cm³/mol. The van der Waals surface area contributed by atoms with E-state index in [1.54, 1.807) is 0 Å². The standard InChI is InChI=1S/C26H27NO5/c28-26(27-18-11-17(12-19(27)15-29-14-18)13-25-30-9-10-31-25)32-16-24-22-7-3-1-5-20(22)21-6-2-4-8-23(21)24/h1-8,11,18-19,24-25H,9-10,12-16H2. The Morgan fingerprint density at radius 2 is 1.66 bits per heavy atom. The topological polar surface area (TPSA) is 57.2 Å². The Balaban J connectivity index is 1.17. The quantitative estimate of drug-likeness (QED) is 0.680. The van der Waals surface area contributed by atoms with Crippen LogP contribution in [0.2, 0.25) is 0 Å². The first-order valence-corrected chi connectivity index (χ1v) is 11.4. The van der Waals surface area contributed by atoms with E-state index < -0.39 is 0 Å². The van der Waals surface area contributed by atoms with E-state index in [0.29, 0.717) is 33.0 Å². The lowest BCUT2D eigenvalue weighted by atomic mass is 9.92. The van der Waals surface area contributed by atoms with Crippen LogP contribution in [0.3, 0.4) is 0 Å². The van der Waals surface area contributed by atoms with Crippen molar-refractivity contribution in [1.29, 1.82) is 0 Å². The second-order valence-electron chi connectivity index (χ2n) is 8.87. The van der Waals surface area contributed by atoms with E-state index in [2.05, 4.69) is 54.6 Å². The molecule has 6 rings (SSSR count). The molecule has 0 spiro atoms. The molecule has 0 saturated carbocycles. The van der Waals surface area contributed by atoms with Gasteiger partial charge in [-0.1, -0.05) is 60.2 Å². The van der Waals surface area contributed by atoms with E-state index in [-0.39, 0.29) is 30.4 Å².